The van der Waals surface area contributed by atoms with Crippen molar-refractivity contribution >= 4 is 21.4 Å². The van der Waals surface area contributed by atoms with Crippen LogP contribution >= 0.6 is 0 Å². The number of anilines is 1. The average Bonchev–Trinajstić information content (AvgIpc) is 2.68. The second kappa shape index (κ2) is 4.93. The predicted octanol–water partition coefficient (Wildman–Crippen LogP) is 0.318. The van der Waals surface area contributed by atoms with Crippen LogP contribution in [0.2, 0.25) is 0 Å². The molecule has 1 heterocycles. The SMILES string of the molecule is COc1ccc(N)cc1C(=O)NC1C=CS(=O)(=O)C1. The molecule has 0 aromatic heterocycles. The Morgan fingerprint density at radius 2 is 2.21 bits per heavy atom. The van der Waals surface area contributed by atoms with Crippen molar-refractivity contribution in [3.05, 3.63) is 35.2 Å². The zero-order chi connectivity index (χ0) is 14.0. The van der Waals surface area contributed by atoms with Gasteiger partial charge in [-0.25, -0.2) is 8.42 Å². The summed E-state index contributed by atoms with van der Waals surface area (Å²) in [5, 5.41) is 3.72. The van der Waals surface area contributed by atoms with Crippen LogP contribution in [-0.4, -0.2) is 33.2 Å². The van der Waals surface area contributed by atoms with Crippen molar-refractivity contribution in [3.8, 4) is 5.75 Å². The highest BCUT2D eigenvalue weighted by Gasteiger charge is 2.24. The van der Waals surface area contributed by atoms with Crippen LogP contribution in [0.15, 0.2) is 29.7 Å². The van der Waals surface area contributed by atoms with Crippen molar-refractivity contribution in [2.45, 2.75) is 6.04 Å². The van der Waals surface area contributed by atoms with Crippen molar-refractivity contribution in [2.24, 2.45) is 0 Å². The van der Waals surface area contributed by atoms with E-state index in [1.54, 1.807) is 12.1 Å². The molecular weight excluding hydrogens is 268 g/mol. The Bertz CT molecular complexity index is 637. The summed E-state index contributed by atoms with van der Waals surface area (Å²) in [5.41, 5.74) is 6.33. The predicted molar refractivity (Wildman–Crippen MR) is 71.6 cm³/mol. The average molecular weight is 282 g/mol. The Morgan fingerprint density at radius 3 is 2.79 bits per heavy atom. The monoisotopic (exact) mass is 282 g/mol. The maximum absolute atomic E-state index is 12.1. The number of nitrogens with two attached hydrogens (primary N) is 1. The van der Waals surface area contributed by atoms with Crippen LogP contribution < -0.4 is 15.8 Å². The van der Waals surface area contributed by atoms with Crippen molar-refractivity contribution in [2.75, 3.05) is 18.6 Å². The first-order valence-electron chi connectivity index (χ1n) is 5.56. The third-order valence-corrected chi connectivity index (χ3v) is 4.11. The Morgan fingerprint density at radius 1 is 1.47 bits per heavy atom. The highest BCUT2D eigenvalue weighted by molar-refractivity contribution is 7.94. The summed E-state index contributed by atoms with van der Waals surface area (Å²) in [6.07, 6.45) is 1.45. The molecule has 3 N–H and O–H groups in total. The smallest absolute Gasteiger partial charge is 0.255 e. The quantitative estimate of drug-likeness (QED) is 0.778. The number of amides is 1. The highest BCUT2D eigenvalue weighted by Crippen LogP contribution is 2.21. The summed E-state index contributed by atoms with van der Waals surface area (Å²) in [5.74, 6) is -0.156. The van der Waals surface area contributed by atoms with Crippen molar-refractivity contribution in [1.29, 1.82) is 0 Å². The Kier molecular flexibility index (Phi) is 3.48. The molecule has 1 aromatic rings. The molecule has 102 valence electrons. The zero-order valence-electron chi connectivity index (χ0n) is 10.3. The summed E-state index contributed by atoms with van der Waals surface area (Å²) in [7, 11) is -1.75. The summed E-state index contributed by atoms with van der Waals surface area (Å²) < 4.78 is 27.6. The van der Waals surface area contributed by atoms with Gasteiger partial charge in [-0.15, -0.1) is 0 Å². The Balaban J connectivity index is 2.17. The van der Waals surface area contributed by atoms with Gasteiger partial charge in [0.2, 0.25) is 0 Å². The molecule has 1 aliphatic rings. The van der Waals surface area contributed by atoms with Gasteiger partial charge in [-0.2, -0.15) is 0 Å². The summed E-state index contributed by atoms with van der Waals surface area (Å²) in [6, 6.07) is 4.17. The number of carbonyl (C=O) groups excluding carboxylic acids is 1. The molecule has 6 nitrogen and oxygen atoms in total. The lowest BCUT2D eigenvalue weighted by atomic mass is 10.1. The van der Waals surface area contributed by atoms with Crippen LogP contribution in [0.25, 0.3) is 0 Å². The molecule has 1 aliphatic heterocycles. The topological polar surface area (TPSA) is 98.5 Å². The van der Waals surface area contributed by atoms with E-state index in [0.717, 1.165) is 5.41 Å². The van der Waals surface area contributed by atoms with E-state index in [1.165, 1.54) is 19.3 Å². The lowest BCUT2D eigenvalue weighted by Gasteiger charge is -2.13. The lowest BCUT2D eigenvalue weighted by Crippen LogP contribution is -2.35. The minimum Gasteiger partial charge on any atom is -0.496 e. The van der Waals surface area contributed by atoms with Crippen molar-refractivity contribution < 1.29 is 17.9 Å². The van der Waals surface area contributed by atoms with E-state index in [2.05, 4.69) is 5.32 Å². The van der Waals surface area contributed by atoms with Gasteiger partial charge in [0.25, 0.3) is 5.91 Å². The van der Waals surface area contributed by atoms with E-state index in [9.17, 15) is 13.2 Å². The first-order valence-corrected chi connectivity index (χ1v) is 7.28. The van der Waals surface area contributed by atoms with E-state index >= 15 is 0 Å². The second-order valence-electron chi connectivity index (χ2n) is 4.20. The number of carbonyl (C=O) groups is 1. The molecule has 0 saturated carbocycles. The molecule has 19 heavy (non-hydrogen) atoms. The third kappa shape index (κ3) is 3.05. The van der Waals surface area contributed by atoms with Gasteiger partial charge in [0, 0.05) is 11.1 Å². The number of ether oxygens (including phenoxy) is 1. The first kappa shape index (κ1) is 13.4. The normalized spacial score (nSPS) is 20.2. The Labute approximate surface area is 111 Å². The van der Waals surface area contributed by atoms with Gasteiger partial charge in [-0.3, -0.25) is 4.79 Å². The largest absolute Gasteiger partial charge is 0.496 e. The minimum absolute atomic E-state index is 0.122. The number of sulfone groups is 1. The lowest BCUT2D eigenvalue weighted by molar-refractivity contribution is 0.0944. The summed E-state index contributed by atoms with van der Waals surface area (Å²) >= 11 is 0. The molecule has 1 aromatic carbocycles. The van der Waals surface area contributed by atoms with Gasteiger partial charge in [-0.05, 0) is 24.3 Å². The zero-order valence-corrected chi connectivity index (χ0v) is 11.1. The first-order chi connectivity index (χ1) is 8.91. The number of nitrogens with one attached hydrogen (secondary N) is 1. The van der Waals surface area contributed by atoms with E-state index in [0.29, 0.717) is 11.4 Å². The van der Waals surface area contributed by atoms with Crippen LogP contribution in [-0.2, 0) is 9.84 Å². The molecule has 0 spiro atoms. The maximum Gasteiger partial charge on any atom is 0.255 e. The van der Waals surface area contributed by atoms with E-state index in [4.69, 9.17) is 10.5 Å². The highest BCUT2D eigenvalue weighted by atomic mass is 32.2. The minimum atomic E-state index is -3.20. The van der Waals surface area contributed by atoms with E-state index in [1.807, 2.05) is 0 Å². The van der Waals surface area contributed by atoms with Gasteiger partial charge in [0.15, 0.2) is 9.84 Å². The standard InChI is InChI=1S/C12H14N2O4S/c1-18-11-3-2-8(13)6-10(11)12(15)14-9-4-5-19(16,17)7-9/h2-6,9H,7,13H2,1H3,(H,14,15). The van der Waals surface area contributed by atoms with Crippen molar-refractivity contribution in [1.82, 2.24) is 5.32 Å². The van der Waals surface area contributed by atoms with Gasteiger partial charge in [0.05, 0.1) is 24.5 Å². The van der Waals surface area contributed by atoms with Crippen LogP contribution in [0.3, 0.4) is 0 Å². The molecule has 1 amide bonds. The number of nitrogen functional groups attached to an aromatic ring is 1. The van der Waals surface area contributed by atoms with Crippen LogP contribution in [0.5, 0.6) is 5.75 Å². The fourth-order valence-corrected chi connectivity index (χ4v) is 3.05. The molecule has 0 radical (unpaired) electrons. The Hall–Kier alpha value is -2.02. The maximum atomic E-state index is 12.1. The number of hydrogen-bond acceptors (Lipinski definition) is 5. The third-order valence-electron chi connectivity index (χ3n) is 2.71. The molecular formula is C12H14N2O4S. The van der Waals surface area contributed by atoms with Gasteiger partial charge < -0.3 is 15.8 Å². The van der Waals surface area contributed by atoms with E-state index in [-0.39, 0.29) is 11.3 Å². The van der Waals surface area contributed by atoms with E-state index < -0.39 is 21.8 Å². The van der Waals surface area contributed by atoms with Crippen LogP contribution in [0.4, 0.5) is 5.69 Å². The molecule has 7 heteroatoms. The molecule has 2 rings (SSSR count). The summed E-state index contributed by atoms with van der Waals surface area (Å²) in [4.78, 5) is 12.1. The number of benzene rings is 1. The molecule has 1 unspecified atom stereocenters. The fourth-order valence-electron chi connectivity index (χ4n) is 1.81. The molecule has 0 aliphatic carbocycles. The fraction of sp³-hybridized carbons (Fsp3) is 0.250. The molecule has 0 saturated heterocycles. The van der Waals surface area contributed by atoms with Gasteiger partial charge in [0.1, 0.15) is 5.75 Å². The number of hydrogen-bond donors (Lipinski definition) is 2. The van der Waals surface area contributed by atoms with Gasteiger partial charge >= 0.3 is 0 Å². The molecule has 0 fully saturated rings. The van der Waals surface area contributed by atoms with Crippen molar-refractivity contribution in [3.63, 3.8) is 0 Å². The number of rotatable bonds is 3. The molecule has 0 bridgehead atoms. The second-order valence-corrected chi connectivity index (χ2v) is 6.13. The summed E-state index contributed by atoms with van der Waals surface area (Å²) in [6.45, 7) is 0. The van der Waals surface area contributed by atoms with Gasteiger partial charge in [-0.1, -0.05) is 0 Å². The van der Waals surface area contributed by atoms with Crippen LogP contribution in [0, 0.1) is 0 Å². The van der Waals surface area contributed by atoms with Crippen LogP contribution in [0.1, 0.15) is 10.4 Å². The number of methoxy groups -OCH3 is 1. The molecule has 1 atom stereocenters.